The Morgan fingerprint density at radius 3 is 2.37 bits per heavy atom. The Hall–Kier alpha value is -3.06. The van der Waals surface area contributed by atoms with E-state index in [0.29, 0.717) is 24.4 Å². The van der Waals surface area contributed by atoms with Crippen LogP contribution in [-0.2, 0) is 10.0 Å². The van der Waals surface area contributed by atoms with E-state index in [1.165, 1.54) is 0 Å². The first kappa shape index (κ1) is 18.7. The van der Waals surface area contributed by atoms with E-state index in [4.69, 9.17) is 4.74 Å². The van der Waals surface area contributed by atoms with Gasteiger partial charge >= 0.3 is 0 Å². The molecule has 0 atom stereocenters. The number of anilines is 1. The molecule has 0 bridgehead atoms. The first-order chi connectivity index (χ1) is 12.9. The molecule has 0 heterocycles. The number of fused-ring (bicyclic) bond motifs is 1. The van der Waals surface area contributed by atoms with Gasteiger partial charge in [0.05, 0.1) is 12.8 Å². The van der Waals surface area contributed by atoms with Gasteiger partial charge in [-0.3, -0.25) is 9.52 Å². The summed E-state index contributed by atoms with van der Waals surface area (Å²) in [7, 11) is -3.34. The van der Waals surface area contributed by atoms with Gasteiger partial charge in [-0.15, -0.1) is 0 Å². The molecule has 0 aliphatic carbocycles. The van der Waals surface area contributed by atoms with Crippen molar-refractivity contribution < 1.29 is 17.9 Å². The molecule has 0 radical (unpaired) electrons. The van der Waals surface area contributed by atoms with Crippen molar-refractivity contribution in [2.24, 2.45) is 0 Å². The molecule has 1 amide bonds. The number of carbonyl (C=O) groups excluding carboxylic acids is 1. The SMILES string of the molecule is CS(=O)(=O)Nc1ccc(C(=O)NCCOc2ccc3ccccc3c2)cc1. The Morgan fingerprint density at radius 2 is 1.67 bits per heavy atom. The van der Waals surface area contributed by atoms with Gasteiger partial charge in [-0.25, -0.2) is 8.42 Å². The Bertz CT molecular complexity index is 1050. The normalized spacial score (nSPS) is 11.1. The summed E-state index contributed by atoms with van der Waals surface area (Å²) >= 11 is 0. The number of nitrogens with one attached hydrogen (secondary N) is 2. The molecule has 3 aromatic rings. The van der Waals surface area contributed by atoms with Crippen molar-refractivity contribution in [3.05, 3.63) is 72.3 Å². The van der Waals surface area contributed by atoms with E-state index in [1.54, 1.807) is 24.3 Å². The predicted octanol–water partition coefficient (Wildman–Crippen LogP) is 3.02. The third-order valence-corrected chi connectivity index (χ3v) is 4.43. The molecule has 0 spiro atoms. The van der Waals surface area contributed by atoms with Gasteiger partial charge in [-0.05, 0) is 47.2 Å². The van der Waals surface area contributed by atoms with Crippen molar-refractivity contribution in [3.8, 4) is 5.75 Å². The minimum absolute atomic E-state index is 0.247. The van der Waals surface area contributed by atoms with E-state index in [-0.39, 0.29) is 5.91 Å². The van der Waals surface area contributed by atoms with E-state index >= 15 is 0 Å². The van der Waals surface area contributed by atoms with Gasteiger partial charge in [0.2, 0.25) is 10.0 Å². The van der Waals surface area contributed by atoms with Crippen LogP contribution in [0.15, 0.2) is 66.7 Å². The average molecular weight is 384 g/mol. The van der Waals surface area contributed by atoms with Crippen LogP contribution in [0, 0.1) is 0 Å². The highest BCUT2D eigenvalue weighted by molar-refractivity contribution is 7.92. The van der Waals surface area contributed by atoms with Crippen LogP contribution < -0.4 is 14.8 Å². The maximum absolute atomic E-state index is 12.1. The lowest BCUT2D eigenvalue weighted by Crippen LogP contribution is -2.28. The van der Waals surface area contributed by atoms with Crippen molar-refractivity contribution in [3.63, 3.8) is 0 Å². The topological polar surface area (TPSA) is 84.5 Å². The van der Waals surface area contributed by atoms with Gasteiger partial charge in [0.1, 0.15) is 12.4 Å². The van der Waals surface area contributed by atoms with Crippen LogP contribution in [0.3, 0.4) is 0 Å². The molecule has 6 nitrogen and oxygen atoms in total. The number of hydrogen-bond donors (Lipinski definition) is 2. The van der Waals surface area contributed by atoms with Gasteiger partial charge in [0.25, 0.3) is 5.91 Å². The molecule has 0 unspecified atom stereocenters. The van der Waals surface area contributed by atoms with Crippen molar-refractivity contribution in [2.75, 3.05) is 24.1 Å². The largest absolute Gasteiger partial charge is 0.492 e. The van der Waals surface area contributed by atoms with E-state index < -0.39 is 10.0 Å². The fourth-order valence-corrected chi connectivity index (χ4v) is 3.16. The number of sulfonamides is 1. The lowest BCUT2D eigenvalue weighted by Gasteiger charge is -2.09. The molecule has 140 valence electrons. The molecule has 3 aromatic carbocycles. The van der Waals surface area contributed by atoms with Crippen molar-refractivity contribution >= 4 is 32.4 Å². The second-order valence-corrected chi connectivity index (χ2v) is 7.81. The molecule has 0 aromatic heterocycles. The van der Waals surface area contributed by atoms with Crippen LogP contribution in [-0.4, -0.2) is 33.7 Å². The summed E-state index contributed by atoms with van der Waals surface area (Å²) < 4.78 is 30.4. The Morgan fingerprint density at radius 1 is 0.963 bits per heavy atom. The van der Waals surface area contributed by atoms with Gasteiger partial charge < -0.3 is 10.1 Å². The maximum atomic E-state index is 12.1. The molecule has 7 heteroatoms. The van der Waals surface area contributed by atoms with Crippen LogP contribution in [0.1, 0.15) is 10.4 Å². The summed E-state index contributed by atoms with van der Waals surface area (Å²) in [6.45, 7) is 0.701. The monoisotopic (exact) mass is 384 g/mol. The fourth-order valence-electron chi connectivity index (χ4n) is 2.60. The van der Waals surface area contributed by atoms with Crippen LogP contribution >= 0.6 is 0 Å². The summed E-state index contributed by atoms with van der Waals surface area (Å²) in [5.41, 5.74) is 0.855. The maximum Gasteiger partial charge on any atom is 0.251 e. The van der Waals surface area contributed by atoms with E-state index in [0.717, 1.165) is 22.8 Å². The van der Waals surface area contributed by atoms with Crippen molar-refractivity contribution in [1.29, 1.82) is 0 Å². The van der Waals surface area contributed by atoms with E-state index in [2.05, 4.69) is 10.0 Å². The summed E-state index contributed by atoms with van der Waals surface area (Å²) in [6.07, 6.45) is 1.07. The predicted molar refractivity (Wildman–Crippen MR) is 107 cm³/mol. The highest BCUT2D eigenvalue weighted by Gasteiger charge is 2.07. The summed E-state index contributed by atoms with van der Waals surface area (Å²) in [5, 5.41) is 5.02. The van der Waals surface area contributed by atoms with Gasteiger partial charge in [0.15, 0.2) is 0 Å². The lowest BCUT2D eigenvalue weighted by atomic mass is 10.1. The Kier molecular flexibility index (Phi) is 5.61. The zero-order chi connectivity index (χ0) is 19.3. The highest BCUT2D eigenvalue weighted by Crippen LogP contribution is 2.20. The van der Waals surface area contributed by atoms with E-state index in [9.17, 15) is 13.2 Å². The average Bonchev–Trinajstić information content (AvgIpc) is 2.64. The smallest absolute Gasteiger partial charge is 0.251 e. The Labute approximate surface area is 158 Å². The van der Waals surface area contributed by atoms with Crippen molar-refractivity contribution in [1.82, 2.24) is 5.32 Å². The molecule has 0 fully saturated rings. The molecule has 0 aliphatic heterocycles. The molecule has 0 saturated heterocycles. The van der Waals surface area contributed by atoms with Crippen LogP contribution in [0.2, 0.25) is 0 Å². The highest BCUT2D eigenvalue weighted by atomic mass is 32.2. The second-order valence-electron chi connectivity index (χ2n) is 6.06. The minimum atomic E-state index is -3.34. The van der Waals surface area contributed by atoms with Crippen LogP contribution in [0.5, 0.6) is 5.75 Å². The number of carbonyl (C=O) groups is 1. The third kappa shape index (κ3) is 5.46. The quantitative estimate of drug-likeness (QED) is 0.613. The second kappa shape index (κ2) is 8.09. The van der Waals surface area contributed by atoms with Crippen LogP contribution in [0.25, 0.3) is 10.8 Å². The molecular weight excluding hydrogens is 364 g/mol. The lowest BCUT2D eigenvalue weighted by molar-refractivity contribution is 0.0947. The molecule has 2 N–H and O–H groups in total. The van der Waals surface area contributed by atoms with Crippen LogP contribution in [0.4, 0.5) is 5.69 Å². The minimum Gasteiger partial charge on any atom is -0.492 e. The number of ether oxygens (including phenoxy) is 1. The molecule has 27 heavy (non-hydrogen) atoms. The Balaban J connectivity index is 1.48. The number of hydrogen-bond acceptors (Lipinski definition) is 4. The van der Waals surface area contributed by atoms with Gasteiger partial charge in [-0.2, -0.15) is 0 Å². The van der Waals surface area contributed by atoms with Gasteiger partial charge in [-0.1, -0.05) is 30.3 Å². The summed E-state index contributed by atoms with van der Waals surface area (Å²) in [4.78, 5) is 12.1. The summed E-state index contributed by atoms with van der Waals surface area (Å²) in [5.74, 6) is 0.502. The number of amides is 1. The number of benzene rings is 3. The molecule has 0 aliphatic rings. The fraction of sp³-hybridized carbons (Fsp3) is 0.150. The summed E-state index contributed by atoms with van der Waals surface area (Å²) in [6, 6.07) is 20.1. The molecule has 0 saturated carbocycles. The van der Waals surface area contributed by atoms with Crippen molar-refractivity contribution in [2.45, 2.75) is 0 Å². The zero-order valence-electron chi connectivity index (χ0n) is 14.8. The standard InChI is InChI=1S/C20H20N2O4S/c1-27(24,25)22-18-9-6-16(7-10-18)20(23)21-12-13-26-19-11-8-15-4-2-3-5-17(15)14-19/h2-11,14,22H,12-13H2,1H3,(H,21,23). The first-order valence-corrected chi connectivity index (χ1v) is 10.3. The first-order valence-electron chi connectivity index (χ1n) is 8.38. The number of rotatable bonds is 7. The molecular formula is C20H20N2O4S. The van der Waals surface area contributed by atoms with E-state index in [1.807, 2.05) is 42.5 Å². The van der Waals surface area contributed by atoms with Gasteiger partial charge in [0, 0.05) is 11.3 Å². The molecule has 3 rings (SSSR count). The zero-order valence-corrected chi connectivity index (χ0v) is 15.6. The third-order valence-electron chi connectivity index (χ3n) is 3.83.